The number of halogens is 1. The molecule has 2 heterocycles. The summed E-state index contributed by atoms with van der Waals surface area (Å²) in [6.45, 7) is 5.61. The zero-order valence-electron chi connectivity index (χ0n) is 19.1. The zero-order chi connectivity index (χ0) is 23.8. The SMILES string of the molecule is CN(CC(=O)N1N=C(c2ccc(F)cc2)CC1c1ccc2c(c1)OCO2)C(=O)NC(C)(C)C. The van der Waals surface area contributed by atoms with Crippen LogP contribution in [0.4, 0.5) is 9.18 Å². The summed E-state index contributed by atoms with van der Waals surface area (Å²) in [7, 11) is 1.56. The third-order valence-electron chi connectivity index (χ3n) is 5.33. The maximum Gasteiger partial charge on any atom is 0.318 e. The first kappa shape index (κ1) is 22.6. The second-order valence-corrected chi connectivity index (χ2v) is 9.16. The summed E-state index contributed by atoms with van der Waals surface area (Å²) in [4.78, 5) is 27.0. The molecule has 2 aliphatic rings. The molecule has 2 aromatic rings. The van der Waals surface area contributed by atoms with Crippen molar-refractivity contribution in [2.45, 2.75) is 38.8 Å². The van der Waals surface area contributed by atoms with Gasteiger partial charge in [0, 0.05) is 19.0 Å². The van der Waals surface area contributed by atoms with Crippen molar-refractivity contribution >= 4 is 17.6 Å². The number of benzene rings is 2. The number of likely N-dealkylation sites (N-methyl/N-ethyl adjacent to an activating group) is 1. The molecule has 1 N–H and O–H groups in total. The van der Waals surface area contributed by atoms with Crippen molar-refractivity contribution in [1.82, 2.24) is 15.2 Å². The van der Waals surface area contributed by atoms with Gasteiger partial charge in [-0.1, -0.05) is 18.2 Å². The van der Waals surface area contributed by atoms with Crippen molar-refractivity contribution in [3.63, 3.8) is 0 Å². The highest BCUT2D eigenvalue weighted by Crippen LogP contribution is 2.39. The summed E-state index contributed by atoms with van der Waals surface area (Å²) < 4.78 is 24.3. The van der Waals surface area contributed by atoms with E-state index in [-0.39, 0.29) is 31.1 Å². The molecule has 0 bridgehead atoms. The molecule has 33 heavy (non-hydrogen) atoms. The summed E-state index contributed by atoms with van der Waals surface area (Å²) >= 11 is 0. The van der Waals surface area contributed by atoms with Crippen LogP contribution in [0.2, 0.25) is 0 Å². The van der Waals surface area contributed by atoms with Gasteiger partial charge in [-0.15, -0.1) is 0 Å². The number of amides is 3. The molecule has 0 saturated carbocycles. The summed E-state index contributed by atoms with van der Waals surface area (Å²) in [5.74, 6) is 0.579. The number of ether oxygens (including phenoxy) is 2. The van der Waals surface area contributed by atoms with Gasteiger partial charge in [0.05, 0.1) is 11.8 Å². The van der Waals surface area contributed by atoms with Gasteiger partial charge < -0.3 is 19.7 Å². The minimum atomic E-state index is -0.426. The number of fused-ring (bicyclic) bond motifs is 1. The van der Waals surface area contributed by atoms with E-state index in [0.717, 1.165) is 11.1 Å². The van der Waals surface area contributed by atoms with Gasteiger partial charge in [0.25, 0.3) is 5.91 Å². The van der Waals surface area contributed by atoms with Crippen molar-refractivity contribution in [3.05, 3.63) is 59.4 Å². The summed E-state index contributed by atoms with van der Waals surface area (Å²) in [6, 6.07) is 10.8. The van der Waals surface area contributed by atoms with E-state index in [1.165, 1.54) is 22.0 Å². The Morgan fingerprint density at radius 1 is 1.15 bits per heavy atom. The van der Waals surface area contributed by atoms with E-state index >= 15 is 0 Å². The van der Waals surface area contributed by atoms with Crippen molar-refractivity contribution in [1.29, 1.82) is 0 Å². The Morgan fingerprint density at radius 2 is 1.85 bits per heavy atom. The minimum Gasteiger partial charge on any atom is -0.454 e. The number of carbonyl (C=O) groups is 2. The van der Waals surface area contributed by atoms with Gasteiger partial charge in [-0.25, -0.2) is 14.2 Å². The first-order valence-electron chi connectivity index (χ1n) is 10.7. The number of hydrazone groups is 1. The molecule has 0 saturated heterocycles. The standard InChI is InChI=1S/C24H27FN4O4/c1-24(2,3)26-23(31)28(4)13-22(30)29-19(16-7-10-20-21(11-16)33-14-32-20)12-18(27-29)15-5-8-17(25)9-6-15/h5-11,19H,12-14H2,1-4H3,(H,26,31). The Morgan fingerprint density at radius 3 is 2.55 bits per heavy atom. The molecule has 2 aliphatic heterocycles. The number of nitrogens with one attached hydrogen (secondary N) is 1. The third-order valence-corrected chi connectivity index (χ3v) is 5.33. The topological polar surface area (TPSA) is 83.5 Å². The van der Waals surface area contributed by atoms with Crippen LogP contribution in [-0.4, -0.2) is 53.5 Å². The normalized spacial score (nSPS) is 17.1. The van der Waals surface area contributed by atoms with Crippen LogP contribution >= 0.6 is 0 Å². The van der Waals surface area contributed by atoms with E-state index in [2.05, 4.69) is 10.4 Å². The highest BCUT2D eigenvalue weighted by molar-refractivity contribution is 6.03. The predicted octanol–water partition coefficient (Wildman–Crippen LogP) is 3.67. The molecular formula is C24H27FN4O4. The Balaban J connectivity index is 1.59. The molecule has 174 valence electrons. The smallest absolute Gasteiger partial charge is 0.318 e. The van der Waals surface area contributed by atoms with Crippen molar-refractivity contribution in [3.8, 4) is 11.5 Å². The fourth-order valence-corrected chi connectivity index (χ4v) is 3.70. The van der Waals surface area contributed by atoms with Crippen LogP contribution in [-0.2, 0) is 4.79 Å². The number of urea groups is 1. The molecule has 3 amide bonds. The van der Waals surface area contributed by atoms with E-state index in [1.807, 2.05) is 32.9 Å². The Hall–Kier alpha value is -3.62. The lowest BCUT2D eigenvalue weighted by Gasteiger charge is -2.28. The summed E-state index contributed by atoms with van der Waals surface area (Å²) in [6.07, 6.45) is 0.439. The molecular weight excluding hydrogens is 427 g/mol. The molecule has 0 aliphatic carbocycles. The minimum absolute atomic E-state index is 0.150. The van der Waals surface area contributed by atoms with E-state index in [1.54, 1.807) is 25.2 Å². The maximum atomic E-state index is 13.4. The second-order valence-electron chi connectivity index (χ2n) is 9.16. The lowest BCUT2D eigenvalue weighted by molar-refractivity contribution is -0.133. The Bertz CT molecular complexity index is 1090. The van der Waals surface area contributed by atoms with Crippen LogP contribution in [0.5, 0.6) is 11.5 Å². The number of hydrogen-bond donors (Lipinski definition) is 1. The number of nitrogens with zero attached hydrogens (tertiary/aromatic N) is 3. The van der Waals surface area contributed by atoms with E-state index in [4.69, 9.17) is 9.47 Å². The molecule has 9 heteroatoms. The second kappa shape index (κ2) is 8.73. The molecule has 0 spiro atoms. The van der Waals surface area contributed by atoms with Crippen LogP contribution in [0.25, 0.3) is 0 Å². The Labute approximate surface area is 192 Å². The van der Waals surface area contributed by atoms with Gasteiger partial charge in [0.1, 0.15) is 12.4 Å². The third kappa shape index (κ3) is 5.08. The monoisotopic (exact) mass is 454 g/mol. The first-order chi connectivity index (χ1) is 15.6. The largest absolute Gasteiger partial charge is 0.454 e. The summed E-state index contributed by atoms with van der Waals surface area (Å²) in [5, 5.41) is 8.81. The molecule has 2 aromatic carbocycles. The molecule has 8 nitrogen and oxygen atoms in total. The molecule has 1 unspecified atom stereocenters. The Kier molecular flexibility index (Phi) is 5.97. The maximum absolute atomic E-state index is 13.4. The number of carbonyl (C=O) groups excluding carboxylic acids is 2. The van der Waals surface area contributed by atoms with Crippen LogP contribution in [0.15, 0.2) is 47.6 Å². The molecule has 4 rings (SSSR count). The lowest BCUT2D eigenvalue weighted by Crippen LogP contribution is -2.49. The first-order valence-corrected chi connectivity index (χ1v) is 10.7. The van der Waals surface area contributed by atoms with Gasteiger partial charge in [-0.2, -0.15) is 5.10 Å². The molecule has 1 atom stereocenters. The van der Waals surface area contributed by atoms with E-state index in [0.29, 0.717) is 23.6 Å². The average molecular weight is 455 g/mol. The van der Waals surface area contributed by atoms with Gasteiger partial charge in [-0.05, 0) is 56.2 Å². The van der Waals surface area contributed by atoms with Crippen LogP contribution in [0, 0.1) is 5.82 Å². The quantitative estimate of drug-likeness (QED) is 0.764. The molecule has 0 fully saturated rings. The number of hydrogen-bond acceptors (Lipinski definition) is 5. The fraction of sp³-hybridized carbons (Fsp3) is 0.375. The van der Waals surface area contributed by atoms with Crippen LogP contribution < -0.4 is 14.8 Å². The molecule has 0 radical (unpaired) electrons. The molecule has 0 aromatic heterocycles. The van der Waals surface area contributed by atoms with Gasteiger partial charge in [0.15, 0.2) is 11.5 Å². The zero-order valence-corrected chi connectivity index (χ0v) is 19.1. The lowest BCUT2D eigenvalue weighted by atomic mass is 9.98. The van der Waals surface area contributed by atoms with Crippen molar-refractivity contribution < 1.29 is 23.5 Å². The van der Waals surface area contributed by atoms with E-state index < -0.39 is 11.6 Å². The van der Waals surface area contributed by atoms with Gasteiger partial charge in [0.2, 0.25) is 6.79 Å². The van der Waals surface area contributed by atoms with Crippen molar-refractivity contribution in [2.75, 3.05) is 20.4 Å². The number of rotatable bonds is 4. The van der Waals surface area contributed by atoms with Gasteiger partial charge >= 0.3 is 6.03 Å². The van der Waals surface area contributed by atoms with E-state index in [9.17, 15) is 14.0 Å². The summed E-state index contributed by atoms with van der Waals surface area (Å²) in [5.41, 5.74) is 1.80. The fourth-order valence-electron chi connectivity index (χ4n) is 3.70. The van der Waals surface area contributed by atoms with Crippen LogP contribution in [0.1, 0.15) is 44.4 Å². The van der Waals surface area contributed by atoms with Crippen LogP contribution in [0.3, 0.4) is 0 Å². The highest BCUT2D eigenvalue weighted by atomic mass is 19.1. The highest BCUT2D eigenvalue weighted by Gasteiger charge is 2.35. The predicted molar refractivity (Wildman–Crippen MR) is 121 cm³/mol. The average Bonchev–Trinajstić information content (AvgIpc) is 3.39. The van der Waals surface area contributed by atoms with Crippen molar-refractivity contribution in [2.24, 2.45) is 5.10 Å². The van der Waals surface area contributed by atoms with Gasteiger partial charge in [-0.3, -0.25) is 4.79 Å².